The van der Waals surface area contributed by atoms with Crippen LogP contribution in [0, 0.1) is 0 Å². The molecular weight excluding hydrogens is 176 g/mol. The van der Waals surface area contributed by atoms with Gasteiger partial charge >= 0.3 is 0 Å². The molecule has 3 N–H and O–H groups in total. The predicted octanol–water partition coefficient (Wildman–Crippen LogP) is 1.27. The van der Waals surface area contributed by atoms with Crippen molar-refractivity contribution in [2.45, 2.75) is 57.8 Å². The van der Waals surface area contributed by atoms with Crippen molar-refractivity contribution in [3.63, 3.8) is 0 Å². The fourth-order valence-corrected chi connectivity index (χ4v) is 2.45. The Balaban J connectivity index is 2.57. The predicted molar refractivity (Wildman–Crippen MR) is 59.3 cm³/mol. The Labute approximate surface area is 87.4 Å². The summed E-state index contributed by atoms with van der Waals surface area (Å²) in [6.45, 7) is 8.21. The zero-order chi connectivity index (χ0) is 10.6. The second kappa shape index (κ2) is 5.10. The van der Waals surface area contributed by atoms with E-state index in [-0.39, 0.29) is 5.54 Å². The van der Waals surface area contributed by atoms with Crippen LogP contribution in [0.2, 0.25) is 0 Å². The molecule has 1 fully saturated rings. The first-order valence-corrected chi connectivity index (χ1v) is 5.72. The third kappa shape index (κ3) is 2.94. The lowest BCUT2D eigenvalue weighted by Crippen LogP contribution is -2.58. The highest BCUT2D eigenvalue weighted by Gasteiger charge is 2.36. The standard InChI is InChI=1S/C11H24N2O/c1-4-5-13-11(8-12)6-9(2)14-10(3)7-11/h9-10,13H,4-8,12H2,1-3H3. The Hall–Kier alpha value is -0.120. The van der Waals surface area contributed by atoms with Gasteiger partial charge in [-0.1, -0.05) is 6.92 Å². The summed E-state index contributed by atoms with van der Waals surface area (Å²) < 4.78 is 5.73. The minimum atomic E-state index is 0.118. The van der Waals surface area contributed by atoms with Gasteiger partial charge in [0.2, 0.25) is 0 Å². The molecule has 0 radical (unpaired) electrons. The zero-order valence-corrected chi connectivity index (χ0v) is 9.68. The number of rotatable bonds is 4. The smallest absolute Gasteiger partial charge is 0.0568 e. The first kappa shape index (κ1) is 12.0. The highest BCUT2D eigenvalue weighted by atomic mass is 16.5. The van der Waals surface area contributed by atoms with E-state index in [1.165, 1.54) is 0 Å². The zero-order valence-electron chi connectivity index (χ0n) is 9.68. The van der Waals surface area contributed by atoms with Crippen molar-refractivity contribution in [3.8, 4) is 0 Å². The van der Waals surface area contributed by atoms with Gasteiger partial charge in [-0.05, 0) is 39.7 Å². The van der Waals surface area contributed by atoms with Crippen LogP contribution < -0.4 is 11.1 Å². The monoisotopic (exact) mass is 200 g/mol. The van der Waals surface area contributed by atoms with Crippen LogP contribution in [0.15, 0.2) is 0 Å². The Morgan fingerprint density at radius 2 is 1.93 bits per heavy atom. The molecule has 2 unspecified atom stereocenters. The molecule has 0 aromatic carbocycles. The fourth-order valence-electron chi connectivity index (χ4n) is 2.45. The topological polar surface area (TPSA) is 47.3 Å². The van der Waals surface area contributed by atoms with E-state index in [2.05, 4.69) is 26.1 Å². The van der Waals surface area contributed by atoms with Crippen molar-refractivity contribution in [3.05, 3.63) is 0 Å². The number of hydrogen-bond donors (Lipinski definition) is 2. The summed E-state index contributed by atoms with van der Waals surface area (Å²) in [5, 5.41) is 3.59. The minimum Gasteiger partial charge on any atom is -0.375 e. The van der Waals surface area contributed by atoms with Gasteiger partial charge in [-0.3, -0.25) is 0 Å². The molecule has 0 amide bonds. The Morgan fingerprint density at radius 1 is 1.36 bits per heavy atom. The maximum atomic E-state index is 5.89. The van der Waals surface area contributed by atoms with Crippen molar-refractivity contribution in [2.75, 3.05) is 13.1 Å². The minimum absolute atomic E-state index is 0.118. The molecule has 0 saturated carbocycles. The molecule has 1 saturated heterocycles. The summed E-state index contributed by atoms with van der Waals surface area (Å²) in [7, 11) is 0. The summed E-state index contributed by atoms with van der Waals surface area (Å²) in [6, 6.07) is 0. The van der Waals surface area contributed by atoms with E-state index in [4.69, 9.17) is 10.5 Å². The second-order valence-corrected chi connectivity index (χ2v) is 4.58. The first-order valence-electron chi connectivity index (χ1n) is 5.72. The summed E-state index contributed by atoms with van der Waals surface area (Å²) in [6.07, 6.45) is 3.88. The number of nitrogens with two attached hydrogens (primary N) is 1. The second-order valence-electron chi connectivity index (χ2n) is 4.58. The van der Waals surface area contributed by atoms with Gasteiger partial charge in [-0.25, -0.2) is 0 Å². The van der Waals surface area contributed by atoms with Crippen LogP contribution in [0.3, 0.4) is 0 Å². The van der Waals surface area contributed by atoms with Crippen LogP contribution in [-0.2, 0) is 4.74 Å². The van der Waals surface area contributed by atoms with Crippen LogP contribution in [0.4, 0.5) is 0 Å². The maximum Gasteiger partial charge on any atom is 0.0568 e. The van der Waals surface area contributed by atoms with Crippen LogP contribution in [0.1, 0.15) is 40.0 Å². The average Bonchev–Trinajstić information content (AvgIpc) is 2.13. The molecule has 1 aliphatic heterocycles. The van der Waals surface area contributed by atoms with Gasteiger partial charge in [0.25, 0.3) is 0 Å². The van der Waals surface area contributed by atoms with E-state index in [1.807, 2.05) is 0 Å². The van der Waals surface area contributed by atoms with E-state index < -0.39 is 0 Å². The van der Waals surface area contributed by atoms with Crippen molar-refractivity contribution >= 4 is 0 Å². The molecule has 3 nitrogen and oxygen atoms in total. The van der Waals surface area contributed by atoms with Gasteiger partial charge in [-0.15, -0.1) is 0 Å². The molecule has 14 heavy (non-hydrogen) atoms. The molecule has 0 spiro atoms. The van der Waals surface area contributed by atoms with Crippen LogP contribution in [0.25, 0.3) is 0 Å². The molecule has 1 heterocycles. The van der Waals surface area contributed by atoms with Crippen LogP contribution in [-0.4, -0.2) is 30.8 Å². The van der Waals surface area contributed by atoms with E-state index in [0.29, 0.717) is 18.8 Å². The van der Waals surface area contributed by atoms with Crippen molar-refractivity contribution < 1.29 is 4.74 Å². The van der Waals surface area contributed by atoms with E-state index in [9.17, 15) is 0 Å². The van der Waals surface area contributed by atoms with Crippen molar-refractivity contribution in [1.82, 2.24) is 5.32 Å². The Morgan fingerprint density at radius 3 is 2.36 bits per heavy atom. The van der Waals surface area contributed by atoms with Gasteiger partial charge in [0, 0.05) is 12.1 Å². The van der Waals surface area contributed by atoms with E-state index >= 15 is 0 Å². The number of hydrogen-bond acceptors (Lipinski definition) is 3. The molecule has 2 atom stereocenters. The highest BCUT2D eigenvalue weighted by molar-refractivity contribution is 4.95. The van der Waals surface area contributed by atoms with Crippen LogP contribution >= 0.6 is 0 Å². The van der Waals surface area contributed by atoms with Crippen molar-refractivity contribution in [2.24, 2.45) is 5.73 Å². The Kier molecular flexibility index (Phi) is 4.35. The molecule has 0 aliphatic carbocycles. The summed E-state index contributed by atoms with van der Waals surface area (Å²) in [4.78, 5) is 0. The normalized spacial score (nSPS) is 38.6. The van der Waals surface area contributed by atoms with E-state index in [1.54, 1.807) is 0 Å². The third-order valence-corrected chi connectivity index (χ3v) is 2.96. The number of ether oxygens (including phenoxy) is 1. The SMILES string of the molecule is CCCNC1(CN)CC(C)OC(C)C1. The van der Waals surface area contributed by atoms with Gasteiger partial charge < -0.3 is 15.8 Å². The molecular formula is C11H24N2O. The molecule has 1 rings (SSSR count). The molecule has 3 heteroatoms. The molecule has 84 valence electrons. The lowest BCUT2D eigenvalue weighted by molar-refractivity contribution is -0.0669. The van der Waals surface area contributed by atoms with Gasteiger partial charge in [-0.2, -0.15) is 0 Å². The number of nitrogens with one attached hydrogen (secondary N) is 1. The third-order valence-electron chi connectivity index (χ3n) is 2.96. The fraction of sp³-hybridized carbons (Fsp3) is 1.00. The maximum absolute atomic E-state index is 5.89. The average molecular weight is 200 g/mol. The lowest BCUT2D eigenvalue weighted by atomic mass is 9.84. The van der Waals surface area contributed by atoms with Gasteiger partial charge in [0.15, 0.2) is 0 Å². The lowest BCUT2D eigenvalue weighted by Gasteiger charge is -2.43. The van der Waals surface area contributed by atoms with Gasteiger partial charge in [0.1, 0.15) is 0 Å². The quantitative estimate of drug-likeness (QED) is 0.718. The molecule has 0 aromatic heterocycles. The highest BCUT2D eigenvalue weighted by Crippen LogP contribution is 2.27. The first-order chi connectivity index (χ1) is 6.62. The van der Waals surface area contributed by atoms with E-state index in [0.717, 1.165) is 25.8 Å². The molecule has 0 aromatic rings. The summed E-state index contributed by atoms with van der Waals surface area (Å²) in [5.74, 6) is 0. The molecule has 0 bridgehead atoms. The summed E-state index contributed by atoms with van der Waals surface area (Å²) >= 11 is 0. The van der Waals surface area contributed by atoms with Crippen molar-refractivity contribution in [1.29, 1.82) is 0 Å². The van der Waals surface area contributed by atoms with Crippen LogP contribution in [0.5, 0.6) is 0 Å². The Bertz CT molecular complexity index is 163. The largest absolute Gasteiger partial charge is 0.375 e. The molecule has 1 aliphatic rings. The van der Waals surface area contributed by atoms with Gasteiger partial charge in [0.05, 0.1) is 12.2 Å². The summed E-state index contributed by atoms with van der Waals surface area (Å²) in [5.41, 5.74) is 6.00.